The summed E-state index contributed by atoms with van der Waals surface area (Å²) in [6.45, 7) is 0.992. The second kappa shape index (κ2) is 15.2. The van der Waals surface area contributed by atoms with E-state index in [1.165, 1.54) is 0 Å². The molecule has 0 bridgehead atoms. The summed E-state index contributed by atoms with van der Waals surface area (Å²) in [4.78, 5) is 56.1. The highest BCUT2D eigenvalue weighted by Gasteiger charge is 2.36. The average molecular weight is 661 g/mol. The van der Waals surface area contributed by atoms with Crippen molar-refractivity contribution in [1.29, 1.82) is 0 Å². The number of nitrogens with one attached hydrogen (secondary N) is 2. The Balaban J connectivity index is 1.02. The summed E-state index contributed by atoms with van der Waals surface area (Å²) in [5, 5.41) is 5.91. The zero-order chi connectivity index (χ0) is 35.0. The molecule has 6 rings (SSSR count). The van der Waals surface area contributed by atoms with Crippen LogP contribution in [0, 0.1) is 24.7 Å². The number of amides is 4. The molecule has 0 aromatic heterocycles. The van der Waals surface area contributed by atoms with Crippen molar-refractivity contribution in [2.24, 2.45) is 0 Å². The molecule has 2 N–H and O–H groups in total. The van der Waals surface area contributed by atoms with Crippen molar-refractivity contribution in [2.75, 3.05) is 23.7 Å². The third-order valence-electron chi connectivity index (χ3n) is 9.08. The minimum absolute atomic E-state index is 0.231. The van der Waals surface area contributed by atoms with E-state index in [9.17, 15) is 19.2 Å². The molecular weight excluding hydrogens is 624 g/mol. The fourth-order valence-electron chi connectivity index (χ4n) is 6.46. The Labute approximate surface area is 292 Å². The minimum atomic E-state index is -0.573. The van der Waals surface area contributed by atoms with Gasteiger partial charge in [-0.15, -0.1) is 12.8 Å². The summed E-state index contributed by atoms with van der Waals surface area (Å²) in [7, 11) is 0. The maximum Gasteiger partial charge on any atom is 0.255 e. The molecule has 2 heterocycles. The number of carbonyl (C=O) groups excluding carboxylic acids is 4. The molecule has 0 aliphatic carbocycles. The van der Waals surface area contributed by atoms with Crippen LogP contribution in [-0.4, -0.2) is 58.6 Å². The Bertz CT molecular complexity index is 1890. The van der Waals surface area contributed by atoms with Crippen molar-refractivity contribution in [2.45, 2.75) is 37.8 Å². The van der Waals surface area contributed by atoms with Crippen LogP contribution < -0.4 is 10.6 Å². The third-order valence-corrected chi connectivity index (χ3v) is 9.08. The topological polar surface area (TPSA) is 98.8 Å². The van der Waals surface area contributed by atoms with Crippen LogP contribution in [0.5, 0.6) is 0 Å². The number of rotatable bonds is 8. The minimum Gasteiger partial charge on any atom is -0.327 e. The first-order valence-electron chi connectivity index (χ1n) is 16.6. The van der Waals surface area contributed by atoms with Crippen LogP contribution in [0.1, 0.15) is 68.7 Å². The van der Waals surface area contributed by atoms with E-state index in [1.54, 1.807) is 58.3 Å². The molecule has 4 aromatic carbocycles. The fraction of sp³-hybridized carbons (Fsp3) is 0.190. The van der Waals surface area contributed by atoms with Gasteiger partial charge in [0, 0.05) is 35.6 Å². The van der Waals surface area contributed by atoms with E-state index in [1.807, 2.05) is 60.7 Å². The first-order valence-corrected chi connectivity index (χ1v) is 16.6. The van der Waals surface area contributed by atoms with E-state index < -0.39 is 12.1 Å². The molecule has 0 spiro atoms. The molecule has 0 unspecified atom stereocenters. The Morgan fingerprint density at radius 1 is 0.580 bits per heavy atom. The van der Waals surface area contributed by atoms with Gasteiger partial charge in [0.2, 0.25) is 11.8 Å². The van der Waals surface area contributed by atoms with E-state index in [2.05, 4.69) is 22.5 Å². The molecule has 4 amide bonds. The van der Waals surface area contributed by atoms with Crippen LogP contribution in [0.2, 0.25) is 0 Å². The second-order valence-electron chi connectivity index (χ2n) is 12.2. The predicted molar refractivity (Wildman–Crippen MR) is 196 cm³/mol. The number of anilines is 2. The Kier molecular flexibility index (Phi) is 10.2. The van der Waals surface area contributed by atoms with Gasteiger partial charge in [0.1, 0.15) is 12.1 Å². The highest BCUT2D eigenvalue weighted by atomic mass is 16.2. The molecule has 2 atom stereocenters. The molecule has 248 valence electrons. The summed E-state index contributed by atoms with van der Waals surface area (Å²) < 4.78 is 0. The monoisotopic (exact) mass is 660 g/mol. The van der Waals surface area contributed by atoms with Crippen LogP contribution in [0.4, 0.5) is 11.4 Å². The van der Waals surface area contributed by atoms with E-state index in [0.29, 0.717) is 59.6 Å². The fourth-order valence-corrected chi connectivity index (χ4v) is 6.46. The lowest BCUT2D eigenvalue weighted by atomic mass is 10.1. The molecule has 2 aliphatic rings. The van der Waals surface area contributed by atoms with Crippen molar-refractivity contribution in [3.8, 4) is 24.7 Å². The Morgan fingerprint density at radius 3 is 1.34 bits per heavy atom. The summed E-state index contributed by atoms with van der Waals surface area (Å²) in [6.07, 6.45) is 17.7. The normalized spacial score (nSPS) is 16.8. The van der Waals surface area contributed by atoms with E-state index in [-0.39, 0.29) is 23.6 Å². The summed E-state index contributed by atoms with van der Waals surface area (Å²) in [5.41, 5.74) is 5.02. The van der Waals surface area contributed by atoms with Crippen LogP contribution in [0.15, 0.2) is 97.1 Å². The molecule has 2 fully saturated rings. The molecular formula is C42H36N4O4. The zero-order valence-electron chi connectivity index (χ0n) is 27.5. The number of carbonyl (C=O) groups is 4. The van der Waals surface area contributed by atoms with Crippen LogP contribution in [-0.2, 0) is 9.59 Å². The van der Waals surface area contributed by atoms with Crippen molar-refractivity contribution in [3.63, 3.8) is 0 Å². The van der Waals surface area contributed by atoms with Gasteiger partial charge in [-0.3, -0.25) is 19.2 Å². The lowest BCUT2D eigenvalue weighted by Gasteiger charge is -2.24. The molecule has 0 saturated carbocycles. The lowest BCUT2D eigenvalue weighted by Crippen LogP contribution is -2.43. The van der Waals surface area contributed by atoms with Crippen LogP contribution >= 0.6 is 0 Å². The number of terminal acetylenes is 2. The first kappa shape index (κ1) is 33.5. The van der Waals surface area contributed by atoms with E-state index >= 15 is 0 Å². The largest absolute Gasteiger partial charge is 0.327 e. The summed E-state index contributed by atoms with van der Waals surface area (Å²) >= 11 is 0. The number of hydrogen-bond acceptors (Lipinski definition) is 4. The molecule has 8 heteroatoms. The second-order valence-corrected chi connectivity index (χ2v) is 12.2. The van der Waals surface area contributed by atoms with E-state index in [4.69, 9.17) is 12.8 Å². The first-order chi connectivity index (χ1) is 24.4. The number of nitrogens with zero attached hydrogens (tertiary/aromatic N) is 2. The van der Waals surface area contributed by atoms with Gasteiger partial charge in [0.15, 0.2) is 0 Å². The van der Waals surface area contributed by atoms with Gasteiger partial charge < -0.3 is 20.4 Å². The standard InChI is InChI=1S/C42H36N4O4/c1-3-31-11-5-7-13-35(31)41(49)45-27-9-15-37(45)39(47)43-33-23-19-29(20-24-33)17-18-30-21-25-34(26-22-30)44-40(48)38-16-10-28-46(38)42(50)36-14-8-6-12-32(36)4-2/h1-2,5-8,11-14,17-26,37-38H,9-10,15-16,27-28H2,(H,43,47)(H,44,48)/t37-,38-/m0/s1. The maximum absolute atomic E-state index is 13.3. The van der Waals surface area contributed by atoms with E-state index in [0.717, 1.165) is 24.0 Å². The smallest absolute Gasteiger partial charge is 0.255 e. The van der Waals surface area contributed by atoms with Crippen molar-refractivity contribution in [1.82, 2.24) is 9.80 Å². The van der Waals surface area contributed by atoms with Crippen LogP contribution in [0.3, 0.4) is 0 Å². The zero-order valence-corrected chi connectivity index (χ0v) is 27.5. The molecule has 8 nitrogen and oxygen atoms in total. The van der Waals surface area contributed by atoms with Gasteiger partial charge in [-0.2, -0.15) is 0 Å². The number of likely N-dealkylation sites (tertiary alicyclic amines) is 2. The highest BCUT2D eigenvalue weighted by molar-refractivity contribution is 6.04. The van der Waals surface area contributed by atoms with Gasteiger partial charge in [-0.1, -0.05) is 72.5 Å². The van der Waals surface area contributed by atoms with Crippen molar-refractivity contribution < 1.29 is 19.2 Å². The quantitative estimate of drug-likeness (QED) is 0.171. The van der Waals surface area contributed by atoms with Gasteiger partial charge in [-0.25, -0.2) is 0 Å². The molecule has 2 saturated heterocycles. The molecule has 0 radical (unpaired) electrons. The lowest BCUT2D eigenvalue weighted by molar-refractivity contribution is -0.120. The third kappa shape index (κ3) is 7.36. The van der Waals surface area contributed by atoms with Gasteiger partial charge in [-0.05, 0) is 85.3 Å². The number of benzene rings is 4. The highest BCUT2D eigenvalue weighted by Crippen LogP contribution is 2.25. The summed E-state index contributed by atoms with van der Waals surface area (Å²) in [6, 6.07) is 27.7. The maximum atomic E-state index is 13.3. The Morgan fingerprint density at radius 2 is 0.960 bits per heavy atom. The molecule has 50 heavy (non-hydrogen) atoms. The van der Waals surface area contributed by atoms with Gasteiger partial charge in [0.25, 0.3) is 11.8 Å². The number of hydrogen-bond donors (Lipinski definition) is 2. The Hall–Kier alpha value is -6.38. The summed E-state index contributed by atoms with van der Waals surface area (Å²) in [5.74, 6) is 4.18. The van der Waals surface area contributed by atoms with Crippen molar-refractivity contribution in [3.05, 3.63) is 130 Å². The molecule has 4 aromatic rings. The van der Waals surface area contributed by atoms with Crippen LogP contribution in [0.25, 0.3) is 12.2 Å². The SMILES string of the molecule is C#Cc1ccccc1C(=O)N1CCC[C@H]1C(=O)Nc1ccc(C=Cc2ccc(NC(=O)[C@@H]3CCCN3C(=O)c3ccccc3C#C)cc2)cc1. The average Bonchev–Trinajstić information content (AvgIpc) is 3.86. The van der Waals surface area contributed by atoms with Gasteiger partial charge in [0.05, 0.1) is 11.1 Å². The molecule has 2 aliphatic heterocycles. The predicted octanol–water partition coefficient (Wildman–Crippen LogP) is 6.31. The van der Waals surface area contributed by atoms with Crippen molar-refractivity contribution >= 4 is 47.2 Å². The van der Waals surface area contributed by atoms with Gasteiger partial charge >= 0.3 is 0 Å².